The van der Waals surface area contributed by atoms with E-state index in [9.17, 15) is 9.59 Å². The van der Waals surface area contributed by atoms with E-state index in [0.717, 1.165) is 11.3 Å². The number of aliphatic imine (C=N–C) groups is 1. The van der Waals surface area contributed by atoms with Crippen LogP contribution in [0.5, 0.6) is 5.75 Å². The van der Waals surface area contributed by atoms with Gasteiger partial charge in [0.15, 0.2) is 5.96 Å². The van der Waals surface area contributed by atoms with Gasteiger partial charge in [0.25, 0.3) is 0 Å². The highest BCUT2D eigenvalue weighted by molar-refractivity contribution is 14.0. The minimum Gasteiger partial charge on any atom is -0.497 e. The number of nitrogens with one attached hydrogen (secondary N) is 3. The number of methoxy groups -OCH3 is 1. The second-order valence-electron chi connectivity index (χ2n) is 7.78. The molecule has 0 spiro atoms. The molecular formula is C20H32IN5O4. The number of nitrogens with zero attached hydrogens (tertiary/aromatic N) is 2. The van der Waals surface area contributed by atoms with E-state index in [1.54, 1.807) is 19.1 Å². The van der Waals surface area contributed by atoms with Crippen LogP contribution >= 0.6 is 24.0 Å². The number of guanidine groups is 1. The normalized spacial score (nSPS) is 14.2. The molecule has 1 heterocycles. The fraction of sp³-hybridized carbons (Fsp3) is 0.550. The minimum atomic E-state index is -0.508. The molecule has 1 aliphatic rings. The summed E-state index contributed by atoms with van der Waals surface area (Å²) in [5.74, 6) is 1.14. The molecule has 0 atom stereocenters. The van der Waals surface area contributed by atoms with E-state index in [2.05, 4.69) is 20.9 Å². The van der Waals surface area contributed by atoms with E-state index in [1.165, 1.54) is 0 Å². The van der Waals surface area contributed by atoms with Gasteiger partial charge in [-0.1, -0.05) is 12.1 Å². The Hall–Kier alpha value is -2.24. The molecule has 1 saturated heterocycles. The Morgan fingerprint density at radius 3 is 2.33 bits per heavy atom. The van der Waals surface area contributed by atoms with Crippen molar-refractivity contribution in [1.29, 1.82) is 0 Å². The summed E-state index contributed by atoms with van der Waals surface area (Å²) in [4.78, 5) is 29.7. The minimum absolute atomic E-state index is 0. The van der Waals surface area contributed by atoms with Crippen LogP contribution in [-0.4, -0.2) is 68.3 Å². The highest BCUT2D eigenvalue weighted by atomic mass is 127. The topological polar surface area (TPSA) is 104 Å². The van der Waals surface area contributed by atoms with Crippen LogP contribution in [0, 0.1) is 0 Å². The quantitative estimate of drug-likeness (QED) is 0.292. The Labute approximate surface area is 195 Å². The van der Waals surface area contributed by atoms with Crippen molar-refractivity contribution in [2.24, 2.45) is 4.99 Å². The third-order valence-corrected chi connectivity index (χ3v) is 4.16. The van der Waals surface area contributed by atoms with Gasteiger partial charge in [0.1, 0.15) is 11.4 Å². The molecular weight excluding hydrogens is 501 g/mol. The fourth-order valence-electron chi connectivity index (χ4n) is 2.60. The third-order valence-electron chi connectivity index (χ3n) is 4.16. The highest BCUT2D eigenvalue weighted by Gasteiger charge is 2.34. The lowest BCUT2D eigenvalue weighted by Gasteiger charge is -2.40. The van der Waals surface area contributed by atoms with Crippen molar-refractivity contribution >= 4 is 41.9 Å². The predicted octanol–water partition coefficient (Wildman–Crippen LogP) is 1.71. The first kappa shape index (κ1) is 25.8. The van der Waals surface area contributed by atoms with Gasteiger partial charge in [-0.25, -0.2) is 4.79 Å². The molecule has 30 heavy (non-hydrogen) atoms. The Balaban J connectivity index is 0.00000450. The molecule has 168 valence electrons. The molecule has 10 heteroatoms. The number of amides is 2. The van der Waals surface area contributed by atoms with Crippen LogP contribution in [-0.2, 0) is 16.1 Å². The number of hydrogen-bond acceptors (Lipinski definition) is 5. The van der Waals surface area contributed by atoms with Gasteiger partial charge in [0, 0.05) is 26.7 Å². The van der Waals surface area contributed by atoms with Crippen molar-refractivity contribution in [2.75, 3.05) is 33.8 Å². The number of likely N-dealkylation sites (tertiary alicyclic amines) is 1. The molecule has 1 aliphatic heterocycles. The van der Waals surface area contributed by atoms with Crippen LogP contribution in [0.2, 0.25) is 0 Å². The van der Waals surface area contributed by atoms with Gasteiger partial charge in [-0.2, -0.15) is 0 Å². The summed E-state index contributed by atoms with van der Waals surface area (Å²) in [6.45, 7) is 7.10. The maximum atomic E-state index is 12.1. The Morgan fingerprint density at radius 2 is 1.80 bits per heavy atom. The van der Waals surface area contributed by atoms with E-state index in [-0.39, 0.29) is 48.6 Å². The van der Waals surface area contributed by atoms with Crippen molar-refractivity contribution in [3.8, 4) is 5.75 Å². The zero-order valence-electron chi connectivity index (χ0n) is 18.2. The van der Waals surface area contributed by atoms with Gasteiger partial charge in [-0.15, -0.1) is 24.0 Å². The Bertz CT molecular complexity index is 728. The summed E-state index contributed by atoms with van der Waals surface area (Å²) in [5.41, 5.74) is 0.477. The van der Waals surface area contributed by atoms with Crippen LogP contribution in [0.1, 0.15) is 26.3 Å². The van der Waals surface area contributed by atoms with Crippen LogP contribution < -0.4 is 20.7 Å². The largest absolute Gasteiger partial charge is 0.497 e. The summed E-state index contributed by atoms with van der Waals surface area (Å²) in [7, 11) is 3.25. The molecule has 0 radical (unpaired) electrons. The molecule has 0 bridgehead atoms. The molecule has 1 fully saturated rings. The second kappa shape index (κ2) is 11.8. The molecule has 0 unspecified atom stereocenters. The first-order chi connectivity index (χ1) is 13.7. The summed E-state index contributed by atoms with van der Waals surface area (Å²) in [6.07, 6.45) is -0.323. The lowest BCUT2D eigenvalue weighted by molar-refractivity contribution is -0.120. The maximum Gasteiger partial charge on any atom is 0.410 e. The molecule has 0 saturated carbocycles. The van der Waals surface area contributed by atoms with Crippen LogP contribution in [0.3, 0.4) is 0 Å². The maximum absolute atomic E-state index is 12.1. The monoisotopic (exact) mass is 533 g/mol. The smallest absolute Gasteiger partial charge is 0.410 e. The summed E-state index contributed by atoms with van der Waals surface area (Å²) >= 11 is 0. The molecule has 3 N–H and O–H groups in total. The molecule has 0 aliphatic carbocycles. The van der Waals surface area contributed by atoms with Gasteiger partial charge in [-0.05, 0) is 38.5 Å². The number of hydrogen-bond donors (Lipinski definition) is 3. The van der Waals surface area contributed by atoms with Gasteiger partial charge >= 0.3 is 6.09 Å². The standard InChI is InChI=1S/C20H31N5O4.HI/c1-20(2,3)29-19(27)25-12-15(13-25)24-18(21-4)23-11-17(26)22-10-14-6-8-16(28-5)9-7-14;/h6-9,15H,10-13H2,1-5H3,(H,22,26)(H2,21,23,24);1H. The number of halogens is 1. The van der Waals surface area contributed by atoms with Crippen LogP contribution in [0.4, 0.5) is 4.79 Å². The van der Waals surface area contributed by atoms with Gasteiger partial charge in [0.05, 0.1) is 19.7 Å². The van der Waals surface area contributed by atoms with Crippen LogP contribution in [0.25, 0.3) is 0 Å². The van der Waals surface area contributed by atoms with Crippen molar-refractivity contribution in [2.45, 2.75) is 39.0 Å². The summed E-state index contributed by atoms with van der Waals surface area (Å²) in [6, 6.07) is 7.58. The number of ether oxygens (including phenoxy) is 2. The van der Waals surface area contributed by atoms with Gasteiger partial charge in [-0.3, -0.25) is 9.79 Å². The van der Waals surface area contributed by atoms with Crippen molar-refractivity contribution < 1.29 is 19.1 Å². The number of carbonyl (C=O) groups is 2. The molecule has 1 aromatic rings. The first-order valence-corrected chi connectivity index (χ1v) is 9.55. The van der Waals surface area contributed by atoms with Crippen molar-refractivity contribution in [3.63, 3.8) is 0 Å². The Kier molecular flexibility index (Phi) is 10.2. The van der Waals surface area contributed by atoms with Crippen molar-refractivity contribution in [3.05, 3.63) is 29.8 Å². The van der Waals surface area contributed by atoms with Gasteiger partial charge in [0.2, 0.25) is 5.91 Å². The summed E-state index contributed by atoms with van der Waals surface area (Å²) < 4.78 is 10.4. The zero-order valence-corrected chi connectivity index (χ0v) is 20.5. The SMILES string of the molecule is CN=C(NCC(=O)NCc1ccc(OC)cc1)NC1CN(C(=O)OC(C)(C)C)C1.I. The average Bonchev–Trinajstić information content (AvgIpc) is 2.63. The van der Waals surface area contributed by atoms with E-state index in [0.29, 0.717) is 25.6 Å². The van der Waals surface area contributed by atoms with E-state index >= 15 is 0 Å². The third kappa shape index (κ3) is 8.64. The molecule has 1 aromatic carbocycles. The number of rotatable bonds is 6. The fourth-order valence-corrected chi connectivity index (χ4v) is 2.60. The number of benzene rings is 1. The molecule has 2 amide bonds. The molecule has 0 aromatic heterocycles. The highest BCUT2D eigenvalue weighted by Crippen LogP contribution is 2.15. The second-order valence-corrected chi connectivity index (χ2v) is 7.78. The summed E-state index contributed by atoms with van der Waals surface area (Å²) in [5, 5.41) is 9.01. The average molecular weight is 533 g/mol. The molecule has 9 nitrogen and oxygen atoms in total. The van der Waals surface area contributed by atoms with Crippen molar-refractivity contribution in [1.82, 2.24) is 20.9 Å². The van der Waals surface area contributed by atoms with Gasteiger partial charge < -0.3 is 30.3 Å². The Morgan fingerprint density at radius 1 is 1.17 bits per heavy atom. The number of carbonyl (C=O) groups excluding carboxylic acids is 2. The predicted molar refractivity (Wildman–Crippen MR) is 126 cm³/mol. The van der Waals surface area contributed by atoms with E-state index in [4.69, 9.17) is 9.47 Å². The lowest BCUT2D eigenvalue weighted by atomic mass is 10.1. The molecule has 2 rings (SSSR count). The van der Waals surface area contributed by atoms with E-state index in [1.807, 2.05) is 45.0 Å². The zero-order chi connectivity index (χ0) is 21.4. The van der Waals surface area contributed by atoms with Crippen LogP contribution in [0.15, 0.2) is 29.3 Å². The van der Waals surface area contributed by atoms with E-state index < -0.39 is 5.60 Å². The first-order valence-electron chi connectivity index (χ1n) is 9.55. The lowest BCUT2D eigenvalue weighted by Crippen LogP contribution is -2.63.